The zero-order chi connectivity index (χ0) is 20.3. The van der Waals surface area contributed by atoms with E-state index in [2.05, 4.69) is 32.0 Å². The fourth-order valence-corrected chi connectivity index (χ4v) is 3.29. The van der Waals surface area contributed by atoms with Crippen LogP contribution in [0.1, 0.15) is 23.9 Å². The Morgan fingerprint density at radius 2 is 1.61 bits per heavy atom. The first-order chi connectivity index (χ1) is 13.3. The number of benzene rings is 2. The first-order valence-corrected chi connectivity index (χ1v) is 9.22. The summed E-state index contributed by atoms with van der Waals surface area (Å²) >= 11 is 6.40. The Hall–Kier alpha value is -3.12. The topological polar surface area (TPSA) is 78.9 Å². The summed E-state index contributed by atoms with van der Waals surface area (Å²) in [6.45, 7) is 7.31. The lowest BCUT2D eigenvalue weighted by Gasteiger charge is -2.14. The zero-order valence-corrected chi connectivity index (χ0v) is 17.0. The standard InChI is InChI=1S/C21H22ClN5O/c1-12-8-13(2)21(18(22)9-12)27-20-11-19(23-14(3)24-20)26-17-7-5-6-16(10-17)25-15(4)28/h5-11H,1-4H3,(H,25,28)(H2,23,24,26,27). The number of hydrogen-bond acceptors (Lipinski definition) is 5. The Morgan fingerprint density at radius 3 is 2.29 bits per heavy atom. The summed E-state index contributed by atoms with van der Waals surface area (Å²) in [7, 11) is 0. The van der Waals surface area contributed by atoms with Gasteiger partial charge in [-0.25, -0.2) is 9.97 Å². The second-order valence-electron chi connectivity index (χ2n) is 6.64. The molecule has 7 heteroatoms. The molecule has 0 unspecified atom stereocenters. The van der Waals surface area contributed by atoms with Crippen LogP contribution in [0.4, 0.5) is 28.7 Å². The lowest BCUT2D eigenvalue weighted by atomic mass is 10.1. The molecule has 0 aliphatic heterocycles. The van der Waals surface area contributed by atoms with Crippen molar-refractivity contribution in [1.29, 1.82) is 0 Å². The van der Waals surface area contributed by atoms with Crippen LogP contribution in [0.5, 0.6) is 0 Å². The average molecular weight is 396 g/mol. The number of hydrogen-bond donors (Lipinski definition) is 3. The third-order valence-electron chi connectivity index (χ3n) is 3.98. The third-order valence-corrected chi connectivity index (χ3v) is 4.28. The molecule has 3 aromatic rings. The van der Waals surface area contributed by atoms with Crippen molar-refractivity contribution in [2.75, 3.05) is 16.0 Å². The molecule has 0 fully saturated rings. The van der Waals surface area contributed by atoms with Crippen molar-refractivity contribution in [2.45, 2.75) is 27.7 Å². The van der Waals surface area contributed by atoms with Crippen LogP contribution in [0.3, 0.4) is 0 Å². The van der Waals surface area contributed by atoms with Gasteiger partial charge in [0.15, 0.2) is 0 Å². The average Bonchev–Trinajstić information content (AvgIpc) is 2.57. The molecule has 3 N–H and O–H groups in total. The molecule has 28 heavy (non-hydrogen) atoms. The van der Waals surface area contributed by atoms with Gasteiger partial charge >= 0.3 is 0 Å². The first-order valence-electron chi connectivity index (χ1n) is 8.84. The Morgan fingerprint density at radius 1 is 0.929 bits per heavy atom. The number of aryl methyl sites for hydroxylation is 3. The van der Waals surface area contributed by atoms with Crippen molar-refractivity contribution in [3.05, 3.63) is 64.4 Å². The number of nitrogens with one attached hydrogen (secondary N) is 3. The number of anilines is 5. The number of carbonyl (C=O) groups is 1. The quantitative estimate of drug-likeness (QED) is 0.531. The highest BCUT2D eigenvalue weighted by Crippen LogP contribution is 2.30. The maximum absolute atomic E-state index is 11.3. The molecule has 0 saturated carbocycles. The van der Waals surface area contributed by atoms with E-state index >= 15 is 0 Å². The SMILES string of the molecule is CC(=O)Nc1cccc(Nc2cc(Nc3c(C)cc(C)cc3Cl)nc(C)n2)c1. The highest BCUT2D eigenvalue weighted by Gasteiger charge is 2.09. The van der Waals surface area contributed by atoms with E-state index in [9.17, 15) is 4.79 Å². The predicted octanol–water partition coefficient (Wildman–Crippen LogP) is 5.50. The van der Waals surface area contributed by atoms with E-state index in [0.29, 0.717) is 28.2 Å². The lowest BCUT2D eigenvalue weighted by Crippen LogP contribution is -2.06. The maximum Gasteiger partial charge on any atom is 0.221 e. The molecule has 0 aliphatic carbocycles. The second-order valence-corrected chi connectivity index (χ2v) is 7.04. The van der Waals surface area contributed by atoms with Gasteiger partial charge in [0, 0.05) is 24.4 Å². The van der Waals surface area contributed by atoms with E-state index in [1.54, 1.807) is 0 Å². The summed E-state index contributed by atoms with van der Waals surface area (Å²) in [5.74, 6) is 1.77. The molecule has 144 valence electrons. The molecule has 0 saturated heterocycles. The van der Waals surface area contributed by atoms with Crippen LogP contribution >= 0.6 is 11.6 Å². The number of amides is 1. The van der Waals surface area contributed by atoms with E-state index in [1.165, 1.54) is 6.92 Å². The van der Waals surface area contributed by atoms with Gasteiger partial charge < -0.3 is 16.0 Å². The first kappa shape index (κ1) is 19.6. The number of halogens is 1. The molecule has 3 rings (SSSR count). The third kappa shape index (κ3) is 4.98. The molecule has 0 atom stereocenters. The number of aromatic nitrogens is 2. The van der Waals surface area contributed by atoms with Gasteiger partial charge in [0.2, 0.25) is 5.91 Å². The molecule has 0 radical (unpaired) electrons. The molecule has 2 aromatic carbocycles. The van der Waals surface area contributed by atoms with E-state index in [-0.39, 0.29) is 5.91 Å². The van der Waals surface area contributed by atoms with E-state index < -0.39 is 0 Å². The molecular weight excluding hydrogens is 374 g/mol. The Balaban J connectivity index is 1.85. The Labute approximate surface area is 169 Å². The Kier molecular flexibility index (Phi) is 5.80. The van der Waals surface area contributed by atoms with Gasteiger partial charge in [0.05, 0.1) is 10.7 Å². The number of nitrogens with zero attached hydrogens (tertiary/aromatic N) is 2. The van der Waals surface area contributed by atoms with Crippen LogP contribution in [-0.2, 0) is 4.79 Å². The van der Waals surface area contributed by atoms with Gasteiger partial charge in [-0.05, 0) is 56.2 Å². The molecular formula is C21H22ClN5O. The highest BCUT2D eigenvalue weighted by atomic mass is 35.5. The minimum Gasteiger partial charge on any atom is -0.340 e. The molecule has 1 aromatic heterocycles. The molecule has 0 aliphatic rings. The molecule has 1 amide bonds. The molecule has 0 spiro atoms. The van der Waals surface area contributed by atoms with Crippen LogP contribution in [0.25, 0.3) is 0 Å². The van der Waals surface area contributed by atoms with Crippen molar-refractivity contribution in [2.24, 2.45) is 0 Å². The highest BCUT2D eigenvalue weighted by molar-refractivity contribution is 6.33. The normalized spacial score (nSPS) is 10.5. The summed E-state index contributed by atoms with van der Waals surface area (Å²) < 4.78 is 0. The van der Waals surface area contributed by atoms with Crippen LogP contribution in [0.2, 0.25) is 5.02 Å². The molecule has 6 nitrogen and oxygen atoms in total. The van der Waals surface area contributed by atoms with Gasteiger partial charge in [0.25, 0.3) is 0 Å². The lowest BCUT2D eigenvalue weighted by molar-refractivity contribution is -0.114. The van der Waals surface area contributed by atoms with E-state index in [1.807, 2.05) is 57.2 Å². The maximum atomic E-state index is 11.3. The number of carbonyl (C=O) groups excluding carboxylic acids is 1. The summed E-state index contributed by atoms with van der Waals surface area (Å²) in [5.41, 5.74) is 4.49. The van der Waals surface area contributed by atoms with Crippen molar-refractivity contribution in [1.82, 2.24) is 9.97 Å². The van der Waals surface area contributed by atoms with Crippen LogP contribution in [0, 0.1) is 20.8 Å². The van der Waals surface area contributed by atoms with Crippen molar-refractivity contribution in [3.8, 4) is 0 Å². The Bertz CT molecular complexity index is 1010. The summed E-state index contributed by atoms with van der Waals surface area (Å²) in [4.78, 5) is 20.1. The fraction of sp³-hybridized carbons (Fsp3) is 0.190. The minimum absolute atomic E-state index is 0.119. The van der Waals surface area contributed by atoms with Crippen molar-refractivity contribution >= 4 is 46.2 Å². The van der Waals surface area contributed by atoms with Gasteiger partial charge in [0.1, 0.15) is 17.5 Å². The number of rotatable bonds is 5. The van der Waals surface area contributed by atoms with Gasteiger partial charge in [-0.1, -0.05) is 23.7 Å². The van der Waals surface area contributed by atoms with E-state index in [4.69, 9.17) is 11.6 Å². The van der Waals surface area contributed by atoms with E-state index in [0.717, 1.165) is 22.5 Å². The van der Waals surface area contributed by atoms with Gasteiger partial charge in [-0.2, -0.15) is 0 Å². The molecule has 1 heterocycles. The zero-order valence-electron chi connectivity index (χ0n) is 16.2. The second kappa shape index (κ2) is 8.27. The summed E-state index contributed by atoms with van der Waals surface area (Å²) in [6, 6.07) is 13.2. The van der Waals surface area contributed by atoms with Crippen LogP contribution < -0.4 is 16.0 Å². The minimum atomic E-state index is -0.119. The fourth-order valence-electron chi connectivity index (χ4n) is 2.92. The van der Waals surface area contributed by atoms with Crippen molar-refractivity contribution in [3.63, 3.8) is 0 Å². The monoisotopic (exact) mass is 395 g/mol. The smallest absolute Gasteiger partial charge is 0.221 e. The van der Waals surface area contributed by atoms with Gasteiger partial charge in [-0.15, -0.1) is 0 Å². The van der Waals surface area contributed by atoms with Gasteiger partial charge in [-0.3, -0.25) is 4.79 Å². The largest absolute Gasteiger partial charge is 0.340 e. The summed E-state index contributed by atoms with van der Waals surface area (Å²) in [5, 5.41) is 9.95. The van der Waals surface area contributed by atoms with Crippen LogP contribution in [0.15, 0.2) is 42.5 Å². The predicted molar refractivity (Wildman–Crippen MR) is 115 cm³/mol. The molecule has 0 bridgehead atoms. The van der Waals surface area contributed by atoms with Crippen LogP contribution in [-0.4, -0.2) is 15.9 Å². The summed E-state index contributed by atoms with van der Waals surface area (Å²) in [6.07, 6.45) is 0. The van der Waals surface area contributed by atoms with Crippen molar-refractivity contribution < 1.29 is 4.79 Å².